The summed E-state index contributed by atoms with van der Waals surface area (Å²) in [5.41, 5.74) is 3.33. The van der Waals surface area contributed by atoms with E-state index >= 15 is 0 Å². The molecule has 0 aliphatic carbocycles. The number of phenols is 1. The van der Waals surface area contributed by atoms with E-state index in [-0.39, 0.29) is 5.75 Å². The van der Waals surface area contributed by atoms with Crippen molar-refractivity contribution in [3.8, 4) is 39.8 Å². The van der Waals surface area contributed by atoms with Gasteiger partial charge < -0.3 is 9.52 Å². The molecule has 0 amide bonds. The lowest BCUT2D eigenvalue weighted by molar-refractivity contribution is 0.473. The first-order valence-corrected chi connectivity index (χ1v) is 7.59. The van der Waals surface area contributed by atoms with Gasteiger partial charge in [0, 0.05) is 5.56 Å². The quantitative estimate of drug-likeness (QED) is 0.591. The average Bonchev–Trinajstić information content (AvgIpc) is 3.13. The molecule has 0 radical (unpaired) electrons. The molecule has 3 aromatic carbocycles. The summed E-state index contributed by atoms with van der Waals surface area (Å²) >= 11 is 0. The molecule has 1 aromatic heterocycles. The van der Waals surface area contributed by atoms with Crippen LogP contribution in [0.2, 0.25) is 0 Å². The predicted molar refractivity (Wildman–Crippen MR) is 92.3 cm³/mol. The number of nitrogens with zero attached hydrogens (tertiary/aromatic N) is 2. The second-order valence-corrected chi connectivity index (χ2v) is 5.38. The summed E-state index contributed by atoms with van der Waals surface area (Å²) in [6.45, 7) is 0. The highest BCUT2D eigenvalue weighted by atomic mass is 16.4. The molecule has 0 saturated carbocycles. The lowest BCUT2D eigenvalue weighted by atomic mass is 10.0. The van der Waals surface area contributed by atoms with Crippen LogP contribution in [-0.2, 0) is 0 Å². The lowest BCUT2D eigenvalue weighted by Crippen LogP contribution is -1.82. The summed E-state index contributed by atoms with van der Waals surface area (Å²) < 4.78 is 5.70. The third-order valence-electron chi connectivity index (χ3n) is 3.78. The van der Waals surface area contributed by atoms with E-state index in [9.17, 15) is 5.11 Å². The zero-order valence-corrected chi connectivity index (χ0v) is 12.8. The molecule has 0 saturated heterocycles. The maximum Gasteiger partial charge on any atom is 0.251 e. The van der Waals surface area contributed by atoms with Crippen LogP contribution in [0.25, 0.3) is 34.0 Å². The molecule has 4 aromatic rings. The Hall–Kier alpha value is -3.40. The van der Waals surface area contributed by atoms with Gasteiger partial charge in [-0.05, 0) is 35.4 Å². The van der Waals surface area contributed by atoms with E-state index in [1.54, 1.807) is 12.1 Å². The lowest BCUT2D eigenvalue weighted by Gasteiger charge is -2.05. The third-order valence-corrected chi connectivity index (χ3v) is 3.78. The molecule has 0 unspecified atom stereocenters. The first-order valence-electron chi connectivity index (χ1n) is 7.59. The first kappa shape index (κ1) is 14.2. The highest BCUT2D eigenvalue weighted by Gasteiger charge is 2.14. The van der Waals surface area contributed by atoms with E-state index in [1.807, 2.05) is 66.7 Å². The van der Waals surface area contributed by atoms with Crippen molar-refractivity contribution >= 4 is 0 Å². The normalized spacial score (nSPS) is 10.7. The molecule has 0 bridgehead atoms. The maximum atomic E-state index is 10.4. The van der Waals surface area contributed by atoms with Gasteiger partial charge in [0.2, 0.25) is 5.89 Å². The van der Waals surface area contributed by atoms with E-state index in [2.05, 4.69) is 10.2 Å². The number of hydrogen-bond acceptors (Lipinski definition) is 4. The van der Waals surface area contributed by atoms with Gasteiger partial charge in [-0.2, -0.15) is 0 Å². The smallest absolute Gasteiger partial charge is 0.251 e. The van der Waals surface area contributed by atoms with Crippen LogP contribution in [0.15, 0.2) is 83.3 Å². The number of benzene rings is 3. The fourth-order valence-corrected chi connectivity index (χ4v) is 2.55. The summed E-state index contributed by atoms with van der Waals surface area (Å²) in [5, 5.41) is 18.5. The fraction of sp³-hybridized carbons (Fsp3) is 0. The van der Waals surface area contributed by atoms with Gasteiger partial charge in [0.1, 0.15) is 5.75 Å². The highest BCUT2D eigenvalue weighted by molar-refractivity contribution is 5.72. The predicted octanol–water partition coefficient (Wildman–Crippen LogP) is 4.78. The van der Waals surface area contributed by atoms with Gasteiger partial charge in [-0.15, -0.1) is 10.2 Å². The van der Waals surface area contributed by atoms with Crippen molar-refractivity contribution in [1.29, 1.82) is 0 Å². The SMILES string of the molecule is Oc1cc(-c2ccccc2)ccc1-c1nnc(-c2ccccc2)o1. The van der Waals surface area contributed by atoms with Crippen molar-refractivity contribution in [3.05, 3.63) is 78.9 Å². The van der Waals surface area contributed by atoms with E-state index in [0.29, 0.717) is 17.3 Å². The second-order valence-electron chi connectivity index (χ2n) is 5.38. The molecule has 1 heterocycles. The third kappa shape index (κ3) is 2.65. The Labute approximate surface area is 139 Å². The van der Waals surface area contributed by atoms with Gasteiger partial charge in [-0.1, -0.05) is 54.6 Å². The van der Waals surface area contributed by atoms with Crippen LogP contribution >= 0.6 is 0 Å². The Morgan fingerprint density at radius 2 is 1.25 bits per heavy atom. The highest BCUT2D eigenvalue weighted by Crippen LogP contribution is 2.33. The van der Waals surface area contributed by atoms with Crippen molar-refractivity contribution in [1.82, 2.24) is 10.2 Å². The molecule has 0 fully saturated rings. The van der Waals surface area contributed by atoms with Gasteiger partial charge in [0.25, 0.3) is 5.89 Å². The summed E-state index contributed by atoms with van der Waals surface area (Å²) in [7, 11) is 0. The van der Waals surface area contributed by atoms with Gasteiger partial charge in [0.15, 0.2) is 0 Å². The Bertz CT molecular complexity index is 963. The minimum absolute atomic E-state index is 0.111. The topological polar surface area (TPSA) is 59.2 Å². The van der Waals surface area contributed by atoms with Crippen molar-refractivity contribution in [3.63, 3.8) is 0 Å². The zero-order valence-electron chi connectivity index (χ0n) is 12.8. The Morgan fingerprint density at radius 1 is 0.625 bits per heavy atom. The van der Waals surface area contributed by atoms with Crippen LogP contribution in [0.3, 0.4) is 0 Å². The van der Waals surface area contributed by atoms with E-state index < -0.39 is 0 Å². The average molecular weight is 314 g/mol. The van der Waals surface area contributed by atoms with Crippen LogP contribution in [-0.4, -0.2) is 15.3 Å². The van der Waals surface area contributed by atoms with Crippen molar-refractivity contribution < 1.29 is 9.52 Å². The van der Waals surface area contributed by atoms with Crippen molar-refractivity contribution in [2.45, 2.75) is 0 Å². The molecule has 0 aliphatic heterocycles. The Morgan fingerprint density at radius 3 is 1.92 bits per heavy atom. The zero-order chi connectivity index (χ0) is 16.4. The van der Waals surface area contributed by atoms with E-state index in [1.165, 1.54) is 0 Å². The summed E-state index contributed by atoms with van der Waals surface area (Å²) in [4.78, 5) is 0. The number of hydrogen-bond donors (Lipinski definition) is 1. The number of rotatable bonds is 3. The van der Waals surface area contributed by atoms with Crippen LogP contribution < -0.4 is 0 Å². The molecule has 4 rings (SSSR count). The van der Waals surface area contributed by atoms with Gasteiger partial charge >= 0.3 is 0 Å². The first-order chi connectivity index (χ1) is 11.8. The number of aromatic nitrogens is 2. The largest absolute Gasteiger partial charge is 0.507 e. The molecule has 24 heavy (non-hydrogen) atoms. The molecule has 4 heteroatoms. The second kappa shape index (κ2) is 6.01. The molecule has 0 aliphatic rings. The molecular formula is C20H14N2O2. The molecule has 4 nitrogen and oxygen atoms in total. The molecule has 0 atom stereocenters. The number of phenolic OH excluding ortho intramolecular Hbond substituents is 1. The van der Waals surface area contributed by atoms with Crippen LogP contribution in [0.4, 0.5) is 0 Å². The summed E-state index contributed by atoms with van der Waals surface area (Å²) in [5.74, 6) is 0.836. The summed E-state index contributed by atoms with van der Waals surface area (Å²) in [6, 6.07) is 24.8. The molecule has 1 N–H and O–H groups in total. The van der Waals surface area contributed by atoms with E-state index in [4.69, 9.17) is 4.42 Å². The Balaban J connectivity index is 1.69. The van der Waals surface area contributed by atoms with E-state index in [0.717, 1.165) is 16.7 Å². The monoisotopic (exact) mass is 314 g/mol. The Kier molecular flexibility index (Phi) is 3.56. The van der Waals surface area contributed by atoms with Gasteiger partial charge in [0.05, 0.1) is 5.56 Å². The fourth-order valence-electron chi connectivity index (χ4n) is 2.55. The maximum absolute atomic E-state index is 10.4. The van der Waals surface area contributed by atoms with Crippen molar-refractivity contribution in [2.75, 3.05) is 0 Å². The molecule has 0 spiro atoms. The van der Waals surface area contributed by atoms with Crippen LogP contribution in [0.1, 0.15) is 0 Å². The van der Waals surface area contributed by atoms with Gasteiger partial charge in [-0.25, -0.2) is 0 Å². The van der Waals surface area contributed by atoms with Gasteiger partial charge in [-0.3, -0.25) is 0 Å². The minimum atomic E-state index is 0.111. The number of aromatic hydroxyl groups is 1. The molecular weight excluding hydrogens is 300 g/mol. The standard InChI is InChI=1S/C20H14N2O2/c23-18-13-16(14-7-3-1-4-8-14)11-12-17(18)20-22-21-19(24-20)15-9-5-2-6-10-15/h1-13,23H. The van der Waals surface area contributed by atoms with Crippen LogP contribution in [0, 0.1) is 0 Å². The summed E-state index contributed by atoms with van der Waals surface area (Å²) in [6.07, 6.45) is 0. The van der Waals surface area contributed by atoms with Crippen LogP contribution in [0.5, 0.6) is 5.75 Å². The van der Waals surface area contributed by atoms with Crippen molar-refractivity contribution in [2.24, 2.45) is 0 Å². The minimum Gasteiger partial charge on any atom is -0.507 e. The molecule has 116 valence electrons.